The minimum Gasteiger partial charge on any atom is -0.344 e. The Labute approximate surface area is 113 Å². The molecule has 1 aliphatic heterocycles. The van der Waals surface area contributed by atoms with Gasteiger partial charge in [-0.15, -0.1) is 0 Å². The summed E-state index contributed by atoms with van der Waals surface area (Å²) in [4.78, 5) is 0. The zero-order valence-corrected chi connectivity index (χ0v) is 11.5. The highest BCUT2D eigenvalue weighted by molar-refractivity contribution is 5.16. The Balaban J connectivity index is 1.53. The van der Waals surface area contributed by atoms with Crippen LogP contribution < -0.4 is 0 Å². The van der Waals surface area contributed by atoms with Gasteiger partial charge in [-0.2, -0.15) is 0 Å². The molecule has 0 aromatic heterocycles. The first-order chi connectivity index (χ1) is 9.09. The summed E-state index contributed by atoms with van der Waals surface area (Å²) < 4.78 is 25.8. The summed E-state index contributed by atoms with van der Waals surface area (Å²) in [6.45, 7) is 3.88. The van der Waals surface area contributed by atoms with Crippen LogP contribution in [0, 0.1) is 5.92 Å². The van der Waals surface area contributed by atoms with Crippen molar-refractivity contribution in [2.24, 2.45) is 5.92 Å². The fourth-order valence-corrected chi connectivity index (χ4v) is 2.80. The van der Waals surface area contributed by atoms with Gasteiger partial charge in [0.2, 0.25) is 0 Å². The van der Waals surface area contributed by atoms with Crippen LogP contribution in [0.25, 0.3) is 0 Å². The van der Waals surface area contributed by atoms with E-state index in [1.165, 1.54) is 5.56 Å². The molecule has 3 rings (SSSR count). The number of hydrogen-bond acceptors (Lipinski definition) is 2. The summed E-state index contributed by atoms with van der Waals surface area (Å²) in [6, 6.07) is 10.2. The molecule has 2 nitrogen and oxygen atoms in total. The largest absolute Gasteiger partial charge is 0.344 e. The van der Waals surface area contributed by atoms with Gasteiger partial charge in [-0.1, -0.05) is 30.3 Å². The van der Waals surface area contributed by atoms with Crippen molar-refractivity contribution in [3.8, 4) is 0 Å². The van der Waals surface area contributed by atoms with Crippen LogP contribution in [0.3, 0.4) is 0 Å². The van der Waals surface area contributed by atoms with E-state index in [4.69, 9.17) is 9.47 Å². The van der Waals surface area contributed by atoms with E-state index >= 15 is 0 Å². The van der Waals surface area contributed by atoms with Crippen LogP contribution in [0.2, 0.25) is 0 Å². The highest BCUT2D eigenvalue weighted by Crippen LogP contribution is 2.55. The van der Waals surface area contributed by atoms with Gasteiger partial charge in [-0.05, 0) is 38.7 Å². The third-order valence-electron chi connectivity index (χ3n) is 4.43. The van der Waals surface area contributed by atoms with Gasteiger partial charge in [0, 0.05) is 5.92 Å². The number of rotatable bonds is 4. The van der Waals surface area contributed by atoms with Crippen LogP contribution in [-0.4, -0.2) is 24.2 Å². The average Bonchev–Trinajstić information content (AvgIpc) is 2.96. The highest BCUT2D eigenvalue weighted by atomic mass is 19.1. The summed E-state index contributed by atoms with van der Waals surface area (Å²) in [5, 5.41) is 0. The Morgan fingerprint density at radius 1 is 1.16 bits per heavy atom. The molecule has 0 radical (unpaired) electrons. The number of ether oxygens (including phenoxy) is 2. The maximum atomic E-state index is 14.7. The second-order valence-electron chi connectivity index (χ2n) is 5.87. The van der Waals surface area contributed by atoms with E-state index in [-0.39, 0.29) is 18.1 Å². The second-order valence-corrected chi connectivity index (χ2v) is 5.87. The van der Waals surface area contributed by atoms with E-state index in [1.54, 1.807) is 0 Å². The van der Waals surface area contributed by atoms with Crippen molar-refractivity contribution in [1.29, 1.82) is 0 Å². The monoisotopic (exact) mass is 264 g/mol. The Morgan fingerprint density at radius 3 is 2.42 bits per heavy atom. The van der Waals surface area contributed by atoms with Crippen molar-refractivity contribution in [3.05, 3.63) is 35.9 Å². The first-order valence-electron chi connectivity index (χ1n) is 7.13. The average molecular weight is 264 g/mol. The fourth-order valence-electron chi connectivity index (χ4n) is 2.80. The van der Waals surface area contributed by atoms with Crippen molar-refractivity contribution in [1.82, 2.24) is 0 Å². The highest BCUT2D eigenvalue weighted by Gasteiger charge is 2.63. The van der Waals surface area contributed by atoms with Gasteiger partial charge in [0.25, 0.3) is 0 Å². The van der Waals surface area contributed by atoms with Crippen LogP contribution in [0.15, 0.2) is 30.3 Å². The topological polar surface area (TPSA) is 18.5 Å². The summed E-state index contributed by atoms with van der Waals surface area (Å²) in [6.07, 6.45) is 1.70. The molecule has 0 amide bonds. The SMILES string of the molecule is C[C@H]1OC(C2(F)CC2CCc2ccccc2)O[C@@H]1C. The number of alkyl halides is 1. The minimum atomic E-state index is -1.26. The van der Waals surface area contributed by atoms with Gasteiger partial charge in [0.1, 0.15) is 0 Å². The maximum absolute atomic E-state index is 14.7. The molecular weight excluding hydrogens is 243 g/mol. The molecule has 1 heterocycles. The molecule has 2 aliphatic rings. The Kier molecular flexibility index (Phi) is 3.35. The molecule has 2 fully saturated rings. The fraction of sp³-hybridized carbons (Fsp3) is 0.625. The zero-order chi connectivity index (χ0) is 13.5. The minimum absolute atomic E-state index is 0.00648. The number of halogens is 1. The lowest BCUT2D eigenvalue weighted by Crippen LogP contribution is -2.27. The Morgan fingerprint density at radius 2 is 1.79 bits per heavy atom. The lowest BCUT2D eigenvalue weighted by Gasteiger charge is -2.15. The summed E-state index contributed by atoms with van der Waals surface area (Å²) in [5.41, 5.74) is 0.0140. The van der Waals surface area contributed by atoms with Gasteiger partial charge in [-0.25, -0.2) is 4.39 Å². The number of hydrogen-bond donors (Lipinski definition) is 0. The molecule has 1 aromatic carbocycles. The van der Waals surface area contributed by atoms with Crippen LogP contribution in [0.4, 0.5) is 4.39 Å². The molecule has 1 aliphatic carbocycles. The molecule has 1 saturated carbocycles. The van der Waals surface area contributed by atoms with Crippen molar-refractivity contribution in [3.63, 3.8) is 0 Å². The third-order valence-corrected chi connectivity index (χ3v) is 4.43. The quantitative estimate of drug-likeness (QED) is 0.828. The Hall–Kier alpha value is -0.930. The second kappa shape index (κ2) is 4.88. The molecule has 1 aromatic rings. The lowest BCUT2D eigenvalue weighted by atomic mass is 10.1. The van der Waals surface area contributed by atoms with Crippen molar-refractivity contribution < 1.29 is 13.9 Å². The zero-order valence-electron chi connectivity index (χ0n) is 11.5. The maximum Gasteiger partial charge on any atom is 0.192 e. The van der Waals surface area contributed by atoms with Crippen molar-refractivity contribution in [2.75, 3.05) is 0 Å². The molecular formula is C16H21FO2. The molecule has 0 bridgehead atoms. The van der Waals surface area contributed by atoms with Crippen LogP contribution in [0.1, 0.15) is 32.3 Å². The standard InChI is InChI=1S/C16H21FO2/c1-11-12(2)19-15(18-11)16(17)10-14(16)9-8-13-6-4-3-5-7-13/h3-7,11-12,14-15H,8-10H2,1-2H3/t11-,12-,14?,16?/m1/s1. The van der Waals surface area contributed by atoms with Gasteiger partial charge in [0.15, 0.2) is 12.0 Å². The summed E-state index contributed by atoms with van der Waals surface area (Å²) in [5.74, 6) is 0.0789. The number of aryl methyl sites for hydroxylation is 1. The third kappa shape index (κ3) is 2.54. The van der Waals surface area contributed by atoms with Crippen molar-refractivity contribution in [2.45, 2.75) is 57.3 Å². The van der Waals surface area contributed by atoms with Gasteiger partial charge in [0.05, 0.1) is 12.2 Å². The predicted octanol–water partition coefficient (Wildman–Crippen LogP) is 3.50. The Bertz CT molecular complexity index is 426. The van der Waals surface area contributed by atoms with E-state index in [1.807, 2.05) is 32.0 Å². The van der Waals surface area contributed by atoms with Gasteiger partial charge >= 0.3 is 0 Å². The predicted molar refractivity (Wildman–Crippen MR) is 71.6 cm³/mol. The van der Waals surface area contributed by atoms with Gasteiger partial charge in [-0.3, -0.25) is 0 Å². The van der Waals surface area contributed by atoms with E-state index in [9.17, 15) is 4.39 Å². The molecule has 104 valence electrons. The van der Waals surface area contributed by atoms with Crippen LogP contribution in [0.5, 0.6) is 0 Å². The molecule has 19 heavy (non-hydrogen) atoms. The summed E-state index contributed by atoms with van der Waals surface area (Å²) >= 11 is 0. The first-order valence-corrected chi connectivity index (χ1v) is 7.13. The van der Waals surface area contributed by atoms with Gasteiger partial charge < -0.3 is 9.47 Å². The van der Waals surface area contributed by atoms with E-state index in [0.29, 0.717) is 6.42 Å². The van der Waals surface area contributed by atoms with E-state index in [0.717, 1.165) is 12.8 Å². The molecule has 2 unspecified atom stereocenters. The smallest absolute Gasteiger partial charge is 0.192 e. The normalized spacial score (nSPS) is 38.6. The molecule has 1 saturated heterocycles. The molecule has 0 N–H and O–H groups in total. The van der Waals surface area contributed by atoms with Crippen molar-refractivity contribution >= 4 is 0 Å². The molecule has 0 spiro atoms. The molecule has 3 heteroatoms. The van der Waals surface area contributed by atoms with E-state index < -0.39 is 12.0 Å². The van der Waals surface area contributed by atoms with Crippen LogP contribution in [-0.2, 0) is 15.9 Å². The molecule has 4 atom stereocenters. The lowest BCUT2D eigenvalue weighted by molar-refractivity contribution is -0.125. The van der Waals surface area contributed by atoms with Crippen LogP contribution >= 0.6 is 0 Å². The van der Waals surface area contributed by atoms with E-state index in [2.05, 4.69) is 12.1 Å². The first kappa shape index (κ1) is 13.1. The summed E-state index contributed by atoms with van der Waals surface area (Å²) in [7, 11) is 0. The number of benzene rings is 1.